The van der Waals surface area contributed by atoms with Crippen LogP contribution in [0.5, 0.6) is 5.75 Å². The Morgan fingerprint density at radius 1 is 1.14 bits per heavy atom. The Morgan fingerprint density at radius 3 is 2.57 bits per heavy atom. The van der Waals surface area contributed by atoms with Crippen molar-refractivity contribution in [3.05, 3.63) is 42.0 Å². The highest BCUT2D eigenvalue weighted by Gasteiger charge is 2.36. The molecule has 108 valence electrons. The second-order valence-electron chi connectivity index (χ2n) is 5.60. The van der Waals surface area contributed by atoms with Crippen LogP contribution in [0, 0.1) is 6.92 Å². The standard InChI is InChI=1S/C16H17N3O2/c1-10-4-6-11(7-5-10)17-13-9-8-12-14(18-13)19-15(20)16(2,3)21-12/h4-9H,1-3H3,(H2,17,18,19,20). The van der Waals surface area contributed by atoms with Crippen molar-refractivity contribution in [1.29, 1.82) is 0 Å². The molecule has 0 saturated heterocycles. The maximum atomic E-state index is 11.9. The average Bonchev–Trinajstić information content (AvgIpc) is 2.43. The van der Waals surface area contributed by atoms with Gasteiger partial charge in [-0.2, -0.15) is 0 Å². The van der Waals surface area contributed by atoms with E-state index in [1.54, 1.807) is 19.9 Å². The summed E-state index contributed by atoms with van der Waals surface area (Å²) in [5.41, 5.74) is 1.26. The zero-order valence-corrected chi connectivity index (χ0v) is 12.2. The first-order chi connectivity index (χ1) is 9.94. The molecule has 0 spiro atoms. The summed E-state index contributed by atoms with van der Waals surface area (Å²) in [5, 5.41) is 5.97. The highest BCUT2D eigenvalue weighted by Crippen LogP contribution is 2.33. The summed E-state index contributed by atoms with van der Waals surface area (Å²) in [6, 6.07) is 11.6. The predicted molar refractivity (Wildman–Crippen MR) is 82.0 cm³/mol. The van der Waals surface area contributed by atoms with Gasteiger partial charge in [0, 0.05) is 5.69 Å². The molecule has 2 N–H and O–H groups in total. The molecule has 21 heavy (non-hydrogen) atoms. The Hall–Kier alpha value is -2.56. The number of hydrogen-bond acceptors (Lipinski definition) is 4. The summed E-state index contributed by atoms with van der Waals surface area (Å²) in [7, 11) is 0. The molecule has 1 amide bonds. The van der Waals surface area contributed by atoms with Gasteiger partial charge in [-0.25, -0.2) is 4.98 Å². The van der Waals surface area contributed by atoms with Gasteiger partial charge in [0.25, 0.3) is 5.91 Å². The minimum absolute atomic E-state index is 0.199. The first-order valence-electron chi connectivity index (χ1n) is 6.79. The van der Waals surface area contributed by atoms with Crippen LogP contribution in [0.15, 0.2) is 36.4 Å². The third kappa shape index (κ3) is 2.67. The SMILES string of the molecule is Cc1ccc(Nc2ccc3c(n2)NC(=O)C(C)(C)O3)cc1. The van der Waals surface area contributed by atoms with Gasteiger partial charge in [0.2, 0.25) is 0 Å². The number of carbonyl (C=O) groups is 1. The van der Waals surface area contributed by atoms with E-state index in [1.807, 2.05) is 37.3 Å². The summed E-state index contributed by atoms with van der Waals surface area (Å²) in [6.07, 6.45) is 0. The van der Waals surface area contributed by atoms with Gasteiger partial charge in [-0.15, -0.1) is 0 Å². The van der Waals surface area contributed by atoms with E-state index in [-0.39, 0.29) is 5.91 Å². The monoisotopic (exact) mass is 283 g/mol. The minimum atomic E-state index is -0.874. The topological polar surface area (TPSA) is 63.2 Å². The second-order valence-corrected chi connectivity index (χ2v) is 5.60. The fourth-order valence-corrected chi connectivity index (χ4v) is 2.05. The molecule has 0 aliphatic carbocycles. The first-order valence-corrected chi connectivity index (χ1v) is 6.79. The molecule has 1 aromatic carbocycles. The van der Waals surface area contributed by atoms with Crippen LogP contribution in [0.3, 0.4) is 0 Å². The maximum absolute atomic E-state index is 11.9. The number of nitrogens with zero attached hydrogens (tertiary/aromatic N) is 1. The van der Waals surface area contributed by atoms with Crippen LogP contribution in [0.1, 0.15) is 19.4 Å². The van der Waals surface area contributed by atoms with Crippen molar-refractivity contribution in [2.45, 2.75) is 26.4 Å². The number of nitrogens with one attached hydrogen (secondary N) is 2. The Balaban J connectivity index is 1.85. The van der Waals surface area contributed by atoms with Crippen LogP contribution in [-0.2, 0) is 4.79 Å². The van der Waals surface area contributed by atoms with Crippen LogP contribution in [0.2, 0.25) is 0 Å². The Bertz CT molecular complexity index is 693. The van der Waals surface area contributed by atoms with Gasteiger partial charge < -0.3 is 15.4 Å². The lowest BCUT2D eigenvalue weighted by Gasteiger charge is -2.30. The van der Waals surface area contributed by atoms with Crippen molar-refractivity contribution in [2.24, 2.45) is 0 Å². The maximum Gasteiger partial charge on any atom is 0.269 e. The number of pyridine rings is 1. The summed E-state index contributed by atoms with van der Waals surface area (Å²) < 4.78 is 5.65. The van der Waals surface area contributed by atoms with Crippen molar-refractivity contribution in [3.8, 4) is 5.75 Å². The van der Waals surface area contributed by atoms with Crippen molar-refractivity contribution in [1.82, 2.24) is 4.98 Å². The third-order valence-corrected chi connectivity index (χ3v) is 3.33. The molecule has 0 saturated carbocycles. The number of fused-ring (bicyclic) bond motifs is 1. The number of rotatable bonds is 2. The van der Waals surface area contributed by atoms with E-state index in [0.29, 0.717) is 17.4 Å². The largest absolute Gasteiger partial charge is 0.474 e. The van der Waals surface area contributed by atoms with Crippen LogP contribution in [0.25, 0.3) is 0 Å². The van der Waals surface area contributed by atoms with Gasteiger partial charge in [0.1, 0.15) is 5.82 Å². The number of ether oxygens (including phenoxy) is 1. The molecule has 0 fully saturated rings. The number of anilines is 3. The number of benzene rings is 1. The second kappa shape index (κ2) is 4.77. The molecule has 1 aliphatic heterocycles. The van der Waals surface area contributed by atoms with Gasteiger partial charge in [-0.3, -0.25) is 4.79 Å². The van der Waals surface area contributed by atoms with E-state index >= 15 is 0 Å². The highest BCUT2D eigenvalue weighted by atomic mass is 16.5. The smallest absolute Gasteiger partial charge is 0.269 e. The molecule has 0 radical (unpaired) electrons. The van der Waals surface area contributed by atoms with E-state index < -0.39 is 5.60 Å². The molecule has 1 aliphatic rings. The zero-order chi connectivity index (χ0) is 15.0. The van der Waals surface area contributed by atoms with Crippen molar-refractivity contribution < 1.29 is 9.53 Å². The third-order valence-electron chi connectivity index (χ3n) is 3.33. The molecule has 5 heteroatoms. The van der Waals surface area contributed by atoms with Crippen LogP contribution < -0.4 is 15.4 Å². The Labute approximate surface area is 123 Å². The fraction of sp³-hybridized carbons (Fsp3) is 0.250. The van der Waals surface area contributed by atoms with E-state index in [2.05, 4.69) is 15.6 Å². The van der Waals surface area contributed by atoms with Crippen LogP contribution >= 0.6 is 0 Å². The van der Waals surface area contributed by atoms with E-state index in [1.165, 1.54) is 5.56 Å². The number of aromatic nitrogens is 1. The fourth-order valence-electron chi connectivity index (χ4n) is 2.05. The molecule has 0 unspecified atom stereocenters. The van der Waals surface area contributed by atoms with E-state index in [0.717, 1.165) is 5.69 Å². The van der Waals surface area contributed by atoms with Gasteiger partial charge in [0.05, 0.1) is 0 Å². The number of aryl methyl sites for hydroxylation is 1. The Kier molecular flexibility index (Phi) is 3.05. The predicted octanol–water partition coefficient (Wildman–Crippen LogP) is 3.24. The lowest BCUT2D eigenvalue weighted by Crippen LogP contribution is -2.46. The van der Waals surface area contributed by atoms with Gasteiger partial charge in [0.15, 0.2) is 17.2 Å². The Morgan fingerprint density at radius 2 is 1.86 bits per heavy atom. The summed E-state index contributed by atoms with van der Waals surface area (Å²) >= 11 is 0. The zero-order valence-electron chi connectivity index (χ0n) is 12.2. The van der Waals surface area contributed by atoms with Gasteiger partial charge in [-0.1, -0.05) is 17.7 Å². The van der Waals surface area contributed by atoms with Crippen LogP contribution in [-0.4, -0.2) is 16.5 Å². The highest BCUT2D eigenvalue weighted by molar-refractivity contribution is 5.99. The molecule has 2 heterocycles. The lowest BCUT2D eigenvalue weighted by atomic mass is 10.1. The number of amides is 1. The quantitative estimate of drug-likeness (QED) is 0.888. The summed E-state index contributed by atoms with van der Waals surface area (Å²) in [6.45, 7) is 5.49. The van der Waals surface area contributed by atoms with Crippen molar-refractivity contribution >= 4 is 23.2 Å². The molecular formula is C16H17N3O2. The summed E-state index contributed by atoms with van der Waals surface area (Å²) in [5.74, 6) is 1.47. The van der Waals surface area contributed by atoms with Crippen molar-refractivity contribution in [2.75, 3.05) is 10.6 Å². The molecule has 3 rings (SSSR count). The molecule has 0 bridgehead atoms. The molecule has 0 atom stereocenters. The first kappa shape index (κ1) is 13.4. The minimum Gasteiger partial charge on any atom is -0.474 e. The van der Waals surface area contributed by atoms with Crippen LogP contribution in [0.4, 0.5) is 17.3 Å². The summed E-state index contributed by atoms with van der Waals surface area (Å²) in [4.78, 5) is 16.3. The van der Waals surface area contributed by atoms with Crippen molar-refractivity contribution in [3.63, 3.8) is 0 Å². The van der Waals surface area contributed by atoms with Gasteiger partial charge >= 0.3 is 0 Å². The van der Waals surface area contributed by atoms with E-state index in [9.17, 15) is 4.79 Å². The lowest BCUT2D eigenvalue weighted by molar-refractivity contribution is -0.129. The van der Waals surface area contributed by atoms with E-state index in [4.69, 9.17) is 4.74 Å². The number of carbonyl (C=O) groups excluding carboxylic acids is 1. The molecule has 1 aromatic heterocycles. The molecular weight excluding hydrogens is 266 g/mol. The molecule has 2 aromatic rings. The average molecular weight is 283 g/mol. The van der Waals surface area contributed by atoms with Gasteiger partial charge in [-0.05, 0) is 45.0 Å². The molecule has 5 nitrogen and oxygen atoms in total. The normalized spacial score (nSPS) is 15.7. The number of hydrogen-bond donors (Lipinski definition) is 2.